The van der Waals surface area contributed by atoms with Crippen LogP contribution in [0.15, 0.2) is 103 Å². The van der Waals surface area contributed by atoms with Gasteiger partial charge < -0.3 is 10.6 Å². The van der Waals surface area contributed by atoms with Crippen molar-refractivity contribution in [1.29, 1.82) is 0 Å². The van der Waals surface area contributed by atoms with Crippen LogP contribution in [0.5, 0.6) is 0 Å². The number of hydrogen-bond donors (Lipinski definition) is 2. The Labute approximate surface area is 260 Å². The fraction of sp³-hybridized carbons (Fsp3) is 0.450. The van der Waals surface area contributed by atoms with Gasteiger partial charge in [0.25, 0.3) is 0 Å². The van der Waals surface area contributed by atoms with E-state index < -0.39 is 0 Å². The molecule has 0 aliphatic carbocycles. The predicted octanol–water partition coefficient (Wildman–Crippen LogP) is 11.7. The Morgan fingerprint density at radius 1 is 0.810 bits per heavy atom. The van der Waals surface area contributed by atoms with Crippen molar-refractivity contribution in [2.75, 3.05) is 7.05 Å². The van der Waals surface area contributed by atoms with Crippen molar-refractivity contribution >= 4 is 6.08 Å². The fourth-order valence-electron chi connectivity index (χ4n) is 4.10. The van der Waals surface area contributed by atoms with Gasteiger partial charge in [0.1, 0.15) is 0 Å². The molecule has 0 aliphatic heterocycles. The summed E-state index contributed by atoms with van der Waals surface area (Å²) in [6.07, 6.45) is 17.7. The minimum Gasteiger partial charge on any atom is -0.363 e. The van der Waals surface area contributed by atoms with Gasteiger partial charge in [-0.25, -0.2) is 0 Å². The summed E-state index contributed by atoms with van der Waals surface area (Å²) in [5.41, 5.74) is 8.72. The standard InChI is InChI=1S/C16H16.C13H23N.C11H23N/c1-3-13-5-9-15(10-6-13)16-11-7-14(4-2)8-12-16;1-6-12(5)14-13(7-2)10-8-9-11(3)4;1-5-7-8-9-11(12-4)10(3)6-2/h3,5-12H,1,4H2,2H3;8-11,14H,5-7H2,1-4H3;11-12H,3,5-9H2,1-2,4H3/b;9-8-,13-10+;. The summed E-state index contributed by atoms with van der Waals surface area (Å²) >= 11 is 0. The number of nitrogens with one attached hydrogen (secondary N) is 2. The molecule has 2 rings (SSSR count). The Kier molecular flexibility index (Phi) is 22.7. The van der Waals surface area contributed by atoms with Gasteiger partial charge in [0.2, 0.25) is 0 Å². The third-order valence-electron chi connectivity index (χ3n) is 7.17. The molecule has 2 aromatic rings. The molecule has 2 heteroatoms. The molecule has 2 N–H and O–H groups in total. The summed E-state index contributed by atoms with van der Waals surface area (Å²) in [4.78, 5) is 0. The average Bonchev–Trinajstić information content (AvgIpc) is 3.02. The number of rotatable bonds is 16. The molecule has 1 unspecified atom stereocenters. The van der Waals surface area contributed by atoms with Gasteiger partial charge in [0.15, 0.2) is 0 Å². The normalized spacial score (nSPS) is 11.7. The summed E-state index contributed by atoms with van der Waals surface area (Å²) < 4.78 is 0. The number of allylic oxidation sites excluding steroid dienone is 5. The lowest BCUT2D eigenvalue weighted by atomic mass is 10.0. The molecule has 0 saturated heterocycles. The summed E-state index contributed by atoms with van der Waals surface area (Å²) in [5.74, 6) is 0.610. The van der Waals surface area contributed by atoms with Crippen molar-refractivity contribution in [2.45, 2.75) is 106 Å². The SMILES string of the molecule is C=C(CC)C(CCCCC)NC.C=C(CC)N/C(=C/C=C\C(C)C)CC.C=Cc1ccc(-c2ccc(CC)cc2)cc1. The maximum atomic E-state index is 4.06. The second-order valence-corrected chi connectivity index (χ2v) is 11.0. The lowest BCUT2D eigenvalue weighted by Crippen LogP contribution is -2.26. The van der Waals surface area contributed by atoms with Crippen LogP contribution in [0.2, 0.25) is 0 Å². The van der Waals surface area contributed by atoms with E-state index in [2.05, 4.69) is 146 Å². The first-order valence-electron chi connectivity index (χ1n) is 16.2. The number of benzene rings is 2. The Bertz CT molecular complexity index is 1050. The van der Waals surface area contributed by atoms with Gasteiger partial charge in [-0.1, -0.05) is 160 Å². The number of unbranched alkanes of at least 4 members (excludes halogenated alkanes) is 2. The Hall–Kier alpha value is -3.10. The van der Waals surface area contributed by atoms with E-state index >= 15 is 0 Å². The molecule has 0 radical (unpaired) electrons. The van der Waals surface area contributed by atoms with E-state index in [1.54, 1.807) is 0 Å². The summed E-state index contributed by atoms with van der Waals surface area (Å²) in [6, 6.07) is 17.8. The molecular formula is C40H62N2. The van der Waals surface area contributed by atoms with Gasteiger partial charge in [-0.2, -0.15) is 0 Å². The highest BCUT2D eigenvalue weighted by Gasteiger charge is 2.07. The summed E-state index contributed by atoms with van der Waals surface area (Å²) in [6.45, 7) is 26.9. The zero-order valence-electron chi connectivity index (χ0n) is 28.4. The van der Waals surface area contributed by atoms with Crippen LogP contribution in [-0.2, 0) is 6.42 Å². The zero-order chi connectivity index (χ0) is 31.8. The molecule has 0 saturated carbocycles. The minimum absolute atomic E-state index is 0.543. The van der Waals surface area contributed by atoms with Crippen LogP contribution in [0.1, 0.15) is 105 Å². The van der Waals surface area contributed by atoms with E-state index in [0.717, 1.165) is 36.9 Å². The van der Waals surface area contributed by atoms with Gasteiger partial charge in [-0.05, 0) is 73.4 Å². The highest BCUT2D eigenvalue weighted by atomic mass is 14.9. The molecule has 0 spiro atoms. The van der Waals surface area contributed by atoms with E-state index in [-0.39, 0.29) is 0 Å². The van der Waals surface area contributed by atoms with E-state index in [1.165, 1.54) is 53.6 Å². The number of hydrogen-bond acceptors (Lipinski definition) is 2. The molecule has 0 aromatic heterocycles. The quantitative estimate of drug-likeness (QED) is 0.119. The van der Waals surface area contributed by atoms with Crippen LogP contribution >= 0.6 is 0 Å². The molecule has 0 fully saturated rings. The van der Waals surface area contributed by atoms with Crippen LogP contribution in [0.3, 0.4) is 0 Å². The fourth-order valence-corrected chi connectivity index (χ4v) is 4.10. The van der Waals surface area contributed by atoms with Crippen molar-refractivity contribution in [3.05, 3.63) is 115 Å². The first-order chi connectivity index (χ1) is 20.2. The zero-order valence-corrected chi connectivity index (χ0v) is 28.4. The van der Waals surface area contributed by atoms with Gasteiger partial charge in [-0.3, -0.25) is 0 Å². The number of likely N-dealkylation sites (N-methyl/N-ethyl adjacent to an activating group) is 1. The molecule has 0 heterocycles. The highest BCUT2D eigenvalue weighted by Crippen LogP contribution is 2.21. The smallest absolute Gasteiger partial charge is 0.0273 e. The van der Waals surface area contributed by atoms with Crippen LogP contribution in [0.4, 0.5) is 0 Å². The van der Waals surface area contributed by atoms with E-state index in [0.29, 0.717) is 12.0 Å². The van der Waals surface area contributed by atoms with Crippen LogP contribution in [0, 0.1) is 5.92 Å². The first-order valence-corrected chi connectivity index (χ1v) is 16.2. The lowest BCUT2D eigenvalue weighted by molar-refractivity contribution is 0.535. The molecular weight excluding hydrogens is 508 g/mol. The molecule has 2 aromatic carbocycles. The van der Waals surface area contributed by atoms with Gasteiger partial charge in [0.05, 0.1) is 0 Å². The Morgan fingerprint density at radius 3 is 1.83 bits per heavy atom. The van der Waals surface area contributed by atoms with Gasteiger partial charge in [-0.15, -0.1) is 0 Å². The second-order valence-electron chi connectivity index (χ2n) is 11.0. The third-order valence-corrected chi connectivity index (χ3v) is 7.17. The first kappa shape index (κ1) is 38.9. The highest BCUT2D eigenvalue weighted by molar-refractivity contribution is 5.65. The van der Waals surface area contributed by atoms with E-state index in [9.17, 15) is 0 Å². The third kappa shape index (κ3) is 17.7. The van der Waals surface area contributed by atoms with Crippen LogP contribution < -0.4 is 10.6 Å². The molecule has 1 atom stereocenters. The minimum atomic E-state index is 0.543. The van der Waals surface area contributed by atoms with Gasteiger partial charge in [0, 0.05) is 17.4 Å². The van der Waals surface area contributed by atoms with Crippen molar-refractivity contribution in [2.24, 2.45) is 5.92 Å². The lowest BCUT2D eigenvalue weighted by Gasteiger charge is -2.17. The summed E-state index contributed by atoms with van der Waals surface area (Å²) in [7, 11) is 2.03. The molecule has 232 valence electrons. The Balaban J connectivity index is 0.000000609. The molecule has 0 aliphatic rings. The maximum Gasteiger partial charge on any atom is 0.0273 e. The molecule has 42 heavy (non-hydrogen) atoms. The van der Waals surface area contributed by atoms with E-state index in [4.69, 9.17) is 0 Å². The van der Waals surface area contributed by atoms with Crippen LogP contribution in [0.25, 0.3) is 17.2 Å². The molecule has 0 amide bonds. The van der Waals surface area contributed by atoms with E-state index in [1.807, 2.05) is 13.1 Å². The Morgan fingerprint density at radius 2 is 1.40 bits per heavy atom. The topological polar surface area (TPSA) is 24.1 Å². The van der Waals surface area contributed by atoms with Crippen molar-refractivity contribution < 1.29 is 0 Å². The van der Waals surface area contributed by atoms with Crippen molar-refractivity contribution in [1.82, 2.24) is 10.6 Å². The van der Waals surface area contributed by atoms with Crippen molar-refractivity contribution in [3.63, 3.8) is 0 Å². The predicted molar refractivity (Wildman–Crippen MR) is 193 cm³/mol. The maximum absolute atomic E-state index is 4.06. The molecule has 0 bridgehead atoms. The van der Waals surface area contributed by atoms with Crippen molar-refractivity contribution in [3.8, 4) is 11.1 Å². The summed E-state index contributed by atoms with van der Waals surface area (Å²) in [5, 5.41) is 6.62. The largest absolute Gasteiger partial charge is 0.363 e. The van der Waals surface area contributed by atoms with Crippen LogP contribution in [-0.4, -0.2) is 13.1 Å². The number of aryl methyl sites for hydroxylation is 1. The second kappa shape index (κ2) is 24.5. The monoisotopic (exact) mass is 570 g/mol. The molecule has 2 nitrogen and oxygen atoms in total. The average molecular weight is 571 g/mol. The van der Waals surface area contributed by atoms with Gasteiger partial charge >= 0.3 is 0 Å².